The van der Waals surface area contributed by atoms with Crippen molar-refractivity contribution in [2.45, 2.75) is 32.4 Å². The molecule has 0 aliphatic carbocycles. The number of carboxylic acids is 1. The summed E-state index contributed by atoms with van der Waals surface area (Å²) in [6.07, 6.45) is 3.92. The Morgan fingerprint density at radius 3 is 2.94 bits per heavy atom. The normalized spacial score (nSPS) is 21.2. The molecule has 0 bridgehead atoms. The van der Waals surface area contributed by atoms with Crippen molar-refractivity contribution in [1.82, 2.24) is 9.88 Å². The first-order valence-electron chi connectivity index (χ1n) is 5.59. The fourth-order valence-corrected chi connectivity index (χ4v) is 2.08. The van der Waals surface area contributed by atoms with Crippen LogP contribution in [0.2, 0.25) is 0 Å². The van der Waals surface area contributed by atoms with Gasteiger partial charge in [0.05, 0.1) is 11.3 Å². The number of hydrogen-bond donors (Lipinski definition) is 1. The minimum absolute atomic E-state index is 0.248. The van der Waals surface area contributed by atoms with Crippen molar-refractivity contribution < 1.29 is 9.90 Å². The lowest BCUT2D eigenvalue weighted by atomic mass is 10.2. The predicted octanol–water partition coefficient (Wildman–Crippen LogP) is 1.76. The van der Waals surface area contributed by atoms with E-state index in [2.05, 4.69) is 16.8 Å². The van der Waals surface area contributed by atoms with E-state index < -0.39 is 5.97 Å². The molecule has 1 aliphatic heterocycles. The Balaban J connectivity index is 2.02. The number of hydrogen-bond acceptors (Lipinski definition) is 3. The summed E-state index contributed by atoms with van der Waals surface area (Å²) in [4.78, 5) is 17.2. The maximum absolute atomic E-state index is 10.7. The molecule has 1 aromatic rings. The monoisotopic (exact) mass is 220 g/mol. The zero-order valence-corrected chi connectivity index (χ0v) is 9.39. The summed E-state index contributed by atoms with van der Waals surface area (Å²) < 4.78 is 0. The average molecular weight is 220 g/mol. The van der Waals surface area contributed by atoms with E-state index in [4.69, 9.17) is 5.11 Å². The Morgan fingerprint density at radius 2 is 2.44 bits per heavy atom. The number of aromatic carboxylic acids is 1. The molecule has 2 rings (SSSR count). The molecule has 4 heteroatoms. The first kappa shape index (κ1) is 11.1. The zero-order valence-electron chi connectivity index (χ0n) is 9.39. The number of carbonyl (C=O) groups is 1. The van der Waals surface area contributed by atoms with Crippen molar-refractivity contribution in [2.24, 2.45) is 0 Å². The fraction of sp³-hybridized carbons (Fsp3) is 0.500. The maximum Gasteiger partial charge on any atom is 0.337 e. The van der Waals surface area contributed by atoms with Gasteiger partial charge in [-0.15, -0.1) is 0 Å². The summed E-state index contributed by atoms with van der Waals surface area (Å²) in [5.41, 5.74) is 1.19. The van der Waals surface area contributed by atoms with Gasteiger partial charge >= 0.3 is 5.97 Å². The van der Waals surface area contributed by atoms with E-state index in [1.165, 1.54) is 19.0 Å². The highest BCUT2D eigenvalue weighted by Crippen LogP contribution is 2.18. The molecule has 4 nitrogen and oxygen atoms in total. The maximum atomic E-state index is 10.7. The second kappa shape index (κ2) is 4.61. The lowest BCUT2D eigenvalue weighted by Gasteiger charge is -2.20. The Kier molecular flexibility index (Phi) is 3.19. The van der Waals surface area contributed by atoms with Gasteiger partial charge in [-0.25, -0.2) is 4.79 Å². The van der Waals surface area contributed by atoms with E-state index >= 15 is 0 Å². The van der Waals surface area contributed by atoms with E-state index in [0.717, 1.165) is 18.8 Å². The summed E-state index contributed by atoms with van der Waals surface area (Å²) in [6, 6.07) is 4.03. The molecule has 1 saturated heterocycles. The highest BCUT2D eigenvalue weighted by Gasteiger charge is 2.20. The van der Waals surface area contributed by atoms with E-state index in [1.54, 1.807) is 12.1 Å². The summed E-state index contributed by atoms with van der Waals surface area (Å²) in [6.45, 7) is 4.16. The molecule has 1 unspecified atom stereocenters. The van der Waals surface area contributed by atoms with Crippen molar-refractivity contribution in [3.63, 3.8) is 0 Å². The van der Waals surface area contributed by atoms with Gasteiger partial charge in [0.1, 0.15) is 0 Å². The van der Waals surface area contributed by atoms with Crippen LogP contribution in [0.15, 0.2) is 18.3 Å². The predicted molar refractivity (Wildman–Crippen MR) is 60.3 cm³/mol. The van der Waals surface area contributed by atoms with Crippen LogP contribution in [-0.2, 0) is 6.54 Å². The number of rotatable bonds is 3. The molecule has 1 atom stereocenters. The molecular weight excluding hydrogens is 204 g/mol. The minimum atomic E-state index is -0.923. The summed E-state index contributed by atoms with van der Waals surface area (Å²) in [5.74, 6) is -0.923. The molecule has 0 saturated carbocycles. The quantitative estimate of drug-likeness (QED) is 0.843. The number of nitrogens with zero attached hydrogens (tertiary/aromatic N) is 2. The van der Waals surface area contributed by atoms with E-state index in [0.29, 0.717) is 6.04 Å². The lowest BCUT2D eigenvalue weighted by molar-refractivity contribution is 0.0696. The van der Waals surface area contributed by atoms with E-state index in [1.807, 2.05) is 0 Å². The molecule has 86 valence electrons. The van der Waals surface area contributed by atoms with Gasteiger partial charge in [0.25, 0.3) is 0 Å². The van der Waals surface area contributed by atoms with Gasteiger partial charge in [0.2, 0.25) is 0 Å². The van der Waals surface area contributed by atoms with Crippen LogP contribution in [0.25, 0.3) is 0 Å². The standard InChI is InChI=1S/C12H16N2O2/c1-9-3-2-6-14(9)8-11-5-4-10(7-13-11)12(15)16/h4-5,7,9H,2-3,6,8H2,1H3,(H,15,16). The molecular formula is C12H16N2O2. The van der Waals surface area contributed by atoms with Gasteiger partial charge in [-0.3, -0.25) is 9.88 Å². The Bertz CT molecular complexity index is 375. The third-order valence-corrected chi connectivity index (χ3v) is 3.13. The van der Waals surface area contributed by atoms with Crippen LogP contribution >= 0.6 is 0 Å². The smallest absolute Gasteiger partial charge is 0.337 e. The van der Waals surface area contributed by atoms with Crippen molar-refractivity contribution in [3.05, 3.63) is 29.6 Å². The summed E-state index contributed by atoms with van der Waals surface area (Å²) in [7, 11) is 0. The SMILES string of the molecule is CC1CCCN1Cc1ccc(C(=O)O)cn1. The van der Waals surface area contributed by atoms with Crippen LogP contribution in [0.3, 0.4) is 0 Å². The molecule has 1 fully saturated rings. The van der Waals surface area contributed by atoms with E-state index in [9.17, 15) is 4.79 Å². The van der Waals surface area contributed by atoms with Gasteiger partial charge in [-0.1, -0.05) is 0 Å². The lowest BCUT2D eigenvalue weighted by Crippen LogP contribution is -2.26. The van der Waals surface area contributed by atoms with Crippen molar-refractivity contribution in [2.75, 3.05) is 6.54 Å². The molecule has 0 radical (unpaired) electrons. The number of carboxylic acid groups (broad SMARTS) is 1. The molecule has 1 N–H and O–H groups in total. The molecule has 0 spiro atoms. The zero-order chi connectivity index (χ0) is 11.5. The highest BCUT2D eigenvalue weighted by molar-refractivity contribution is 5.87. The van der Waals surface area contributed by atoms with Crippen molar-refractivity contribution in [1.29, 1.82) is 0 Å². The molecule has 2 heterocycles. The number of pyridine rings is 1. The second-order valence-corrected chi connectivity index (χ2v) is 4.31. The Labute approximate surface area is 94.9 Å². The topological polar surface area (TPSA) is 53.4 Å². The van der Waals surface area contributed by atoms with Gasteiger partial charge in [-0.05, 0) is 38.4 Å². The van der Waals surface area contributed by atoms with Crippen LogP contribution in [0.1, 0.15) is 35.8 Å². The van der Waals surface area contributed by atoms with Crippen LogP contribution in [0, 0.1) is 0 Å². The van der Waals surface area contributed by atoms with Gasteiger partial charge in [0.15, 0.2) is 0 Å². The molecule has 16 heavy (non-hydrogen) atoms. The third-order valence-electron chi connectivity index (χ3n) is 3.13. The largest absolute Gasteiger partial charge is 0.478 e. The first-order valence-corrected chi connectivity index (χ1v) is 5.59. The van der Waals surface area contributed by atoms with Crippen LogP contribution < -0.4 is 0 Å². The van der Waals surface area contributed by atoms with E-state index in [-0.39, 0.29) is 5.56 Å². The average Bonchev–Trinajstić information content (AvgIpc) is 2.65. The van der Waals surface area contributed by atoms with Gasteiger partial charge in [0, 0.05) is 18.8 Å². The second-order valence-electron chi connectivity index (χ2n) is 4.31. The molecule has 1 aliphatic rings. The van der Waals surface area contributed by atoms with Crippen LogP contribution in [-0.4, -0.2) is 33.5 Å². The van der Waals surface area contributed by atoms with Crippen LogP contribution in [0.5, 0.6) is 0 Å². The minimum Gasteiger partial charge on any atom is -0.478 e. The van der Waals surface area contributed by atoms with Crippen LogP contribution in [0.4, 0.5) is 0 Å². The molecule has 1 aromatic heterocycles. The number of likely N-dealkylation sites (tertiary alicyclic amines) is 1. The highest BCUT2D eigenvalue weighted by atomic mass is 16.4. The molecule has 0 amide bonds. The Morgan fingerprint density at radius 1 is 1.62 bits per heavy atom. The van der Waals surface area contributed by atoms with Gasteiger partial charge in [-0.2, -0.15) is 0 Å². The van der Waals surface area contributed by atoms with Crippen molar-refractivity contribution >= 4 is 5.97 Å². The summed E-state index contributed by atoms with van der Waals surface area (Å²) in [5, 5.41) is 8.75. The summed E-state index contributed by atoms with van der Waals surface area (Å²) >= 11 is 0. The fourth-order valence-electron chi connectivity index (χ4n) is 2.08. The molecule has 0 aromatic carbocycles. The van der Waals surface area contributed by atoms with Gasteiger partial charge < -0.3 is 5.11 Å². The van der Waals surface area contributed by atoms with Crippen molar-refractivity contribution in [3.8, 4) is 0 Å². The third kappa shape index (κ3) is 2.39. The first-order chi connectivity index (χ1) is 7.66. The Hall–Kier alpha value is -1.42. The number of aromatic nitrogens is 1.